The van der Waals surface area contributed by atoms with Crippen molar-refractivity contribution in [1.82, 2.24) is 9.78 Å². The zero-order valence-electron chi connectivity index (χ0n) is 9.16. The predicted molar refractivity (Wildman–Crippen MR) is 57.2 cm³/mol. The van der Waals surface area contributed by atoms with Crippen molar-refractivity contribution in [3.63, 3.8) is 0 Å². The van der Waals surface area contributed by atoms with Gasteiger partial charge >= 0.3 is 0 Å². The van der Waals surface area contributed by atoms with Crippen LogP contribution in [0.25, 0.3) is 0 Å². The molecule has 1 aromatic heterocycles. The molecule has 14 heavy (non-hydrogen) atoms. The van der Waals surface area contributed by atoms with Crippen molar-refractivity contribution in [2.75, 3.05) is 12.3 Å². The highest BCUT2D eigenvalue weighted by Gasteiger charge is 2.04. The van der Waals surface area contributed by atoms with Crippen molar-refractivity contribution in [2.45, 2.75) is 26.7 Å². The van der Waals surface area contributed by atoms with Crippen LogP contribution in [0.15, 0.2) is 6.20 Å². The fourth-order valence-corrected chi connectivity index (χ4v) is 1.26. The molecule has 0 unspecified atom stereocenters. The van der Waals surface area contributed by atoms with E-state index in [1.165, 1.54) is 6.42 Å². The van der Waals surface area contributed by atoms with Crippen LogP contribution in [-0.4, -0.2) is 16.4 Å². The first-order chi connectivity index (χ1) is 6.59. The van der Waals surface area contributed by atoms with Crippen LogP contribution in [0.3, 0.4) is 0 Å². The number of hydrogen-bond donors (Lipinski definition) is 1. The van der Waals surface area contributed by atoms with Gasteiger partial charge in [-0.05, 0) is 18.8 Å². The van der Waals surface area contributed by atoms with Gasteiger partial charge < -0.3 is 10.5 Å². The molecule has 0 aliphatic rings. The Balaban J connectivity index is 2.28. The van der Waals surface area contributed by atoms with E-state index in [0.717, 1.165) is 12.3 Å². The normalized spacial score (nSPS) is 10.9. The summed E-state index contributed by atoms with van der Waals surface area (Å²) in [5.41, 5.74) is 6.28. The Morgan fingerprint density at radius 2 is 2.29 bits per heavy atom. The lowest BCUT2D eigenvalue weighted by atomic mass is 10.1. The largest absolute Gasteiger partial charge is 0.475 e. The second-order valence-electron chi connectivity index (χ2n) is 3.95. The van der Waals surface area contributed by atoms with Crippen molar-refractivity contribution in [3.8, 4) is 5.88 Å². The lowest BCUT2D eigenvalue weighted by Gasteiger charge is -2.05. The Morgan fingerprint density at radius 1 is 1.57 bits per heavy atom. The molecule has 0 bridgehead atoms. The number of anilines is 1. The minimum Gasteiger partial charge on any atom is -0.475 e. The molecule has 0 saturated carbocycles. The number of rotatable bonds is 5. The van der Waals surface area contributed by atoms with Crippen LogP contribution >= 0.6 is 0 Å². The average molecular weight is 197 g/mol. The van der Waals surface area contributed by atoms with Crippen LogP contribution in [-0.2, 0) is 7.05 Å². The van der Waals surface area contributed by atoms with Gasteiger partial charge in [-0.15, -0.1) is 5.10 Å². The molecule has 2 N–H and O–H groups in total. The van der Waals surface area contributed by atoms with E-state index in [1.54, 1.807) is 10.9 Å². The summed E-state index contributed by atoms with van der Waals surface area (Å²) >= 11 is 0. The zero-order valence-corrected chi connectivity index (χ0v) is 9.16. The molecule has 0 atom stereocenters. The van der Waals surface area contributed by atoms with E-state index < -0.39 is 0 Å². The average Bonchev–Trinajstić information content (AvgIpc) is 2.39. The van der Waals surface area contributed by atoms with Gasteiger partial charge in [0.25, 0.3) is 5.88 Å². The van der Waals surface area contributed by atoms with Gasteiger partial charge in [0.1, 0.15) is 5.69 Å². The van der Waals surface area contributed by atoms with Crippen molar-refractivity contribution >= 4 is 5.69 Å². The summed E-state index contributed by atoms with van der Waals surface area (Å²) in [7, 11) is 1.83. The second kappa shape index (κ2) is 4.88. The van der Waals surface area contributed by atoms with Gasteiger partial charge in [0.15, 0.2) is 0 Å². The minimum absolute atomic E-state index is 0.552. The molecule has 1 heterocycles. The third-order valence-corrected chi connectivity index (χ3v) is 1.99. The monoisotopic (exact) mass is 197 g/mol. The number of aryl methyl sites for hydroxylation is 1. The Labute approximate surface area is 85.0 Å². The molecule has 80 valence electrons. The van der Waals surface area contributed by atoms with E-state index in [0.29, 0.717) is 18.2 Å². The van der Waals surface area contributed by atoms with Crippen LogP contribution in [0.2, 0.25) is 0 Å². The number of nitrogens with zero attached hydrogens (tertiary/aromatic N) is 2. The summed E-state index contributed by atoms with van der Waals surface area (Å²) < 4.78 is 7.11. The van der Waals surface area contributed by atoms with E-state index >= 15 is 0 Å². The predicted octanol–water partition coefficient (Wildman–Crippen LogP) is 1.82. The fourth-order valence-electron chi connectivity index (χ4n) is 1.26. The molecule has 0 aromatic carbocycles. The molecule has 4 heteroatoms. The standard InChI is InChI=1S/C10H19N3O/c1-8(2)5-4-6-14-10-9(11)7-13(3)12-10/h7-8H,4-6,11H2,1-3H3. The van der Waals surface area contributed by atoms with Gasteiger partial charge in [0, 0.05) is 7.05 Å². The van der Waals surface area contributed by atoms with Gasteiger partial charge in [-0.1, -0.05) is 13.8 Å². The quantitative estimate of drug-likeness (QED) is 0.732. The molecule has 0 aliphatic carbocycles. The first-order valence-electron chi connectivity index (χ1n) is 5.01. The number of nitrogen functional groups attached to an aromatic ring is 1. The zero-order chi connectivity index (χ0) is 10.6. The fraction of sp³-hybridized carbons (Fsp3) is 0.700. The van der Waals surface area contributed by atoms with Crippen molar-refractivity contribution < 1.29 is 4.74 Å². The Morgan fingerprint density at radius 3 is 2.79 bits per heavy atom. The molecule has 0 amide bonds. The molecule has 0 spiro atoms. The van der Waals surface area contributed by atoms with Crippen LogP contribution < -0.4 is 10.5 Å². The van der Waals surface area contributed by atoms with Crippen molar-refractivity contribution in [1.29, 1.82) is 0 Å². The molecular weight excluding hydrogens is 178 g/mol. The van der Waals surface area contributed by atoms with E-state index in [-0.39, 0.29) is 0 Å². The summed E-state index contributed by atoms with van der Waals surface area (Å²) in [6.45, 7) is 5.10. The number of ether oxygens (including phenoxy) is 1. The molecule has 1 rings (SSSR count). The molecule has 0 saturated heterocycles. The van der Waals surface area contributed by atoms with Crippen molar-refractivity contribution in [3.05, 3.63) is 6.20 Å². The van der Waals surface area contributed by atoms with Crippen LogP contribution in [0.4, 0.5) is 5.69 Å². The van der Waals surface area contributed by atoms with Crippen LogP contribution in [0.5, 0.6) is 5.88 Å². The molecule has 0 aliphatic heterocycles. The first-order valence-corrected chi connectivity index (χ1v) is 5.01. The van der Waals surface area contributed by atoms with Gasteiger partial charge in [-0.25, -0.2) is 0 Å². The molecular formula is C10H19N3O. The number of hydrogen-bond acceptors (Lipinski definition) is 3. The van der Waals surface area contributed by atoms with Crippen LogP contribution in [0.1, 0.15) is 26.7 Å². The summed E-state index contributed by atoms with van der Waals surface area (Å²) in [6, 6.07) is 0. The molecule has 4 nitrogen and oxygen atoms in total. The Kier molecular flexibility index (Phi) is 3.80. The Bertz CT molecular complexity index is 281. The lowest BCUT2D eigenvalue weighted by molar-refractivity contribution is 0.286. The van der Waals surface area contributed by atoms with E-state index in [9.17, 15) is 0 Å². The first kappa shape index (κ1) is 10.9. The highest BCUT2D eigenvalue weighted by molar-refractivity contribution is 5.45. The second-order valence-corrected chi connectivity index (χ2v) is 3.95. The van der Waals surface area contributed by atoms with E-state index in [2.05, 4.69) is 18.9 Å². The van der Waals surface area contributed by atoms with Crippen molar-refractivity contribution in [2.24, 2.45) is 13.0 Å². The molecule has 1 aromatic rings. The maximum atomic E-state index is 5.68. The highest BCUT2D eigenvalue weighted by Crippen LogP contribution is 2.17. The summed E-state index contributed by atoms with van der Waals surface area (Å²) in [4.78, 5) is 0. The van der Waals surface area contributed by atoms with Gasteiger partial charge in [-0.3, -0.25) is 4.68 Å². The Hall–Kier alpha value is -1.19. The van der Waals surface area contributed by atoms with Crippen LogP contribution in [0, 0.1) is 5.92 Å². The van der Waals surface area contributed by atoms with E-state index in [4.69, 9.17) is 10.5 Å². The maximum Gasteiger partial charge on any atom is 0.256 e. The third-order valence-electron chi connectivity index (χ3n) is 1.99. The summed E-state index contributed by atoms with van der Waals surface area (Å²) in [5.74, 6) is 1.27. The third kappa shape index (κ3) is 3.28. The smallest absolute Gasteiger partial charge is 0.256 e. The molecule has 0 radical (unpaired) electrons. The maximum absolute atomic E-state index is 5.68. The summed E-state index contributed by atoms with van der Waals surface area (Å²) in [5, 5.41) is 4.10. The molecule has 0 fully saturated rings. The minimum atomic E-state index is 0.552. The highest BCUT2D eigenvalue weighted by atomic mass is 16.5. The topological polar surface area (TPSA) is 53.1 Å². The number of aromatic nitrogens is 2. The SMILES string of the molecule is CC(C)CCCOc1nn(C)cc1N. The van der Waals surface area contributed by atoms with Gasteiger partial charge in [0.05, 0.1) is 12.8 Å². The van der Waals surface area contributed by atoms with E-state index in [1.807, 2.05) is 7.05 Å². The summed E-state index contributed by atoms with van der Waals surface area (Å²) in [6.07, 6.45) is 3.97. The lowest BCUT2D eigenvalue weighted by Crippen LogP contribution is -2.01. The number of nitrogens with two attached hydrogens (primary N) is 1. The van der Waals surface area contributed by atoms with Gasteiger partial charge in [0.2, 0.25) is 0 Å². The van der Waals surface area contributed by atoms with Gasteiger partial charge in [-0.2, -0.15) is 0 Å².